The molecule has 0 unspecified atom stereocenters. The van der Waals surface area contributed by atoms with Crippen molar-refractivity contribution in [1.29, 1.82) is 0 Å². The molecule has 0 spiro atoms. The van der Waals surface area contributed by atoms with Gasteiger partial charge in [-0.3, -0.25) is 4.79 Å². The molecule has 0 bridgehead atoms. The van der Waals surface area contributed by atoms with Gasteiger partial charge in [0.15, 0.2) is 0 Å². The van der Waals surface area contributed by atoms with E-state index in [1.807, 2.05) is 20.8 Å². The molecule has 110 valence electrons. The SMILES string of the molecule is Cc1c(C)c(S(=O)(=O)OC=O)c(C)c2c1OC(C)(C)C2. The Balaban J connectivity index is 2.76. The van der Waals surface area contributed by atoms with E-state index < -0.39 is 10.1 Å². The standard InChI is InChI=1S/C14H18O5S/c1-8-9(2)13(20(16,17)18-7-15)10(3)11-6-14(4,5)19-12(8)11/h7H,6H2,1-5H3. The lowest BCUT2D eigenvalue weighted by Gasteiger charge is -2.18. The molecule has 1 aromatic carbocycles. The highest BCUT2D eigenvalue weighted by Crippen LogP contribution is 2.43. The lowest BCUT2D eigenvalue weighted by molar-refractivity contribution is -0.120. The summed E-state index contributed by atoms with van der Waals surface area (Å²) in [4.78, 5) is 10.5. The Morgan fingerprint density at radius 2 is 1.75 bits per heavy atom. The van der Waals surface area contributed by atoms with E-state index in [4.69, 9.17) is 4.74 Å². The molecular weight excluding hydrogens is 280 g/mol. The Bertz CT molecular complexity index is 686. The number of fused-ring (bicyclic) bond motifs is 1. The molecule has 0 radical (unpaired) electrons. The number of hydrogen-bond acceptors (Lipinski definition) is 5. The summed E-state index contributed by atoms with van der Waals surface area (Å²) in [6, 6.07) is 0. The van der Waals surface area contributed by atoms with Gasteiger partial charge in [0.05, 0.1) is 0 Å². The molecule has 1 heterocycles. The maximum absolute atomic E-state index is 12.1. The molecule has 6 heteroatoms. The van der Waals surface area contributed by atoms with Crippen molar-refractivity contribution >= 4 is 16.6 Å². The summed E-state index contributed by atoms with van der Waals surface area (Å²) in [5.74, 6) is 0.745. The number of carbonyl (C=O) groups excluding carboxylic acids is 1. The van der Waals surface area contributed by atoms with Crippen molar-refractivity contribution in [2.45, 2.75) is 51.5 Å². The first-order valence-corrected chi connectivity index (χ1v) is 7.70. The van der Waals surface area contributed by atoms with Crippen LogP contribution in [0.2, 0.25) is 0 Å². The second-order valence-electron chi connectivity index (χ2n) is 5.70. The van der Waals surface area contributed by atoms with Crippen LogP contribution in [0.3, 0.4) is 0 Å². The lowest BCUT2D eigenvalue weighted by Crippen LogP contribution is -2.24. The van der Waals surface area contributed by atoms with Gasteiger partial charge < -0.3 is 8.92 Å². The van der Waals surface area contributed by atoms with Crippen LogP contribution >= 0.6 is 0 Å². The highest BCUT2D eigenvalue weighted by molar-refractivity contribution is 7.87. The van der Waals surface area contributed by atoms with Gasteiger partial charge in [0.25, 0.3) is 0 Å². The smallest absolute Gasteiger partial charge is 0.342 e. The maximum atomic E-state index is 12.1. The van der Waals surface area contributed by atoms with E-state index in [9.17, 15) is 13.2 Å². The second-order valence-corrected chi connectivity index (χ2v) is 7.21. The minimum atomic E-state index is -4.08. The number of rotatable bonds is 3. The molecular formula is C14H18O5S. The third-order valence-electron chi connectivity index (χ3n) is 3.71. The molecule has 0 atom stereocenters. The van der Waals surface area contributed by atoms with Gasteiger partial charge in [-0.1, -0.05) is 0 Å². The van der Waals surface area contributed by atoms with Crippen LogP contribution in [-0.2, 0) is 25.5 Å². The van der Waals surface area contributed by atoms with E-state index in [1.54, 1.807) is 13.8 Å². The fourth-order valence-electron chi connectivity index (χ4n) is 2.72. The molecule has 0 amide bonds. The van der Waals surface area contributed by atoms with Gasteiger partial charge in [-0.25, -0.2) is 0 Å². The van der Waals surface area contributed by atoms with Crippen molar-refractivity contribution in [3.8, 4) is 5.75 Å². The number of carbonyl (C=O) groups is 1. The summed E-state index contributed by atoms with van der Waals surface area (Å²) in [5, 5.41) is 0. The fraction of sp³-hybridized carbons (Fsp3) is 0.500. The molecule has 1 aliphatic rings. The first-order chi connectivity index (χ1) is 9.10. The Morgan fingerprint density at radius 3 is 2.30 bits per heavy atom. The van der Waals surface area contributed by atoms with Crippen molar-refractivity contribution in [1.82, 2.24) is 0 Å². The monoisotopic (exact) mass is 298 g/mol. The third kappa shape index (κ3) is 2.18. The molecule has 0 aromatic heterocycles. The Kier molecular flexibility index (Phi) is 3.32. The number of hydrogen-bond donors (Lipinski definition) is 0. The van der Waals surface area contributed by atoms with Gasteiger partial charge in [-0.15, -0.1) is 0 Å². The summed E-state index contributed by atoms with van der Waals surface area (Å²) in [6.07, 6.45) is 0.624. The quantitative estimate of drug-likeness (QED) is 0.632. The van der Waals surface area contributed by atoms with Crippen LogP contribution < -0.4 is 4.74 Å². The average molecular weight is 298 g/mol. The van der Waals surface area contributed by atoms with E-state index >= 15 is 0 Å². The van der Waals surface area contributed by atoms with E-state index in [0.29, 0.717) is 17.5 Å². The van der Waals surface area contributed by atoms with Gasteiger partial charge in [0.1, 0.15) is 16.2 Å². The molecule has 0 fully saturated rings. The molecule has 2 rings (SSSR count). The zero-order chi connectivity index (χ0) is 15.3. The predicted molar refractivity (Wildman–Crippen MR) is 73.4 cm³/mol. The van der Waals surface area contributed by atoms with Crippen molar-refractivity contribution < 1.29 is 22.1 Å². The van der Waals surface area contributed by atoms with Crippen LogP contribution in [0, 0.1) is 20.8 Å². The van der Waals surface area contributed by atoms with Crippen LogP contribution in [0.25, 0.3) is 0 Å². The molecule has 0 saturated carbocycles. The zero-order valence-corrected chi connectivity index (χ0v) is 13.1. The molecule has 0 N–H and O–H groups in total. The predicted octanol–water partition coefficient (Wildman–Crippen LogP) is 2.19. The summed E-state index contributed by atoms with van der Waals surface area (Å²) < 4.78 is 34.4. The van der Waals surface area contributed by atoms with Gasteiger partial charge in [-0.05, 0) is 51.3 Å². The van der Waals surface area contributed by atoms with E-state index in [1.165, 1.54) is 0 Å². The normalized spacial score (nSPS) is 16.4. The first-order valence-electron chi connectivity index (χ1n) is 6.29. The summed E-state index contributed by atoms with van der Waals surface area (Å²) in [6.45, 7) is 9.08. The van der Waals surface area contributed by atoms with Crippen molar-refractivity contribution in [2.24, 2.45) is 0 Å². The molecule has 1 aliphatic heterocycles. The molecule has 5 nitrogen and oxygen atoms in total. The minimum absolute atomic E-state index is 0.0583. The van der Waals surface area contributed by atoms with Gasteiger partial charge in [0.2, 0.25) is 0 Å². The van der Waals surface area contributed by atoms with Crippen molar-refractivity contribution in [2.75, 3.05) is 0 Å². The molecule has 1 aromatic rings. The van der Waals surface area contributed by atoms with Crippen LogP contribution in [0.4, 0.5) is 0 Å². The molecule has 0 saturated heterocycles. The zero-order valence-electron chi connectivity index (χ0n) is 12.2. The van der Waals surface area contributed by atoms with Crippen LogP contribution in [0.1, 0.15) is 36.1 Å². The maximum Gasteiger partial charge on any atom is 0.342 e. The highest BCUT2D eigenvalue weighted by Gasteiger charge is 2.36. The van der Waals surface area contributed by atoms with Gasteiger partial charge in [-0.2, -0.15) is 8.42 Å². The fourth-order valence-corrected chi connectivity index (χ4v) is 3.95. The van der Waals surface area contributed by atoms with Gasteiger partial charge in [0, 0.05) is 12.0 Å². The van der Waals surface area contributed by atoms with Crippen molar-refractivity contribution in [3.63, 3.8) is 0 Å². The molecule has 20 heavy (non-hydrogen) atoms. The van der Waals surface area contributed by atoms with Gasteiger partial charge >= 0.3 is 16.6 Å². The topological polar surface area (TPSA) is 69.7 Å². The Hall–Kier alpha value is -1.56. The van der Waals surface area contributed by atoms with E-state index in [2.05, 4.69) is 4.18 Å². The summed E-state index contributed by atoms with van der Waals surface area (Å²) in [5.41, 5.74) is 2.42. The summed E-state index contributed by atoms with van der Waals surface area (Å²) >= 11 is 0. The summed E-state index contributed by atoms with van der Waals surface area (Å²) in [7, 11) is -4.08. The third-order valence-corrected chi connectivity index (χ3v) is 5.15. The average Bonchev–Trinajstić information content (AvgIpc) is 2.62. The Labute approximate surface area is 119 Å². The second kappa shape index (κ2) is 4.48. The van der Waals surface area contributed by atoms with E-state index in [-0.39, 0.29) is 17.0 Å². The van der Waals surface area contributed by atoms with Crippen LogP contribution in [0.15, 0.2) is 4.90 Å². The van der Waals surface area contributed by atoms with Crippen LogP contribution in [-0.4, -0.2) is 20.5 Å². The largest absolute Gasteiger partial charge is 0.487 e. The molecule has 0 aliphatic carbocycles. The lowest BCUT2D eigenvalue weighted by atomic mass is 9.94. The Morgan fingerprint density at radius 1 is 1.15 bits per heavy atom. The number of benzene rings is 1. The number of ether oxygens (including phenoxy) is 1. The van der Waals surface area contributed by atoms with Crippen molar-refractivity contribution in [3.05, 3.63) is 22.3 Å². The minimum Gasteiger partial charge on any atom is -0.487 e. The van der Waals surface area contributed by atoms with Crippen LogP contribution in [0.5, 0.6) is 5.75 Å². The highest BCUT2D eigenvalue weighted by atomic mass is 32.2. The van der Waals surface area contributed by atoms with E-state index in [0.717, 1.165) is 16.9 Å². The first kappa shape index (κ1) is 14.8.